The second-order valence-electron chi connectivity index (χ2n) is 5.47. The molecule has 1 aromatic carbocycles. The molecule has 8 nitrogen and oxygen atoms in total. The van der Waals surface area contributed by atoms with Crippen LogP contribution in [0.25, 0.3) is 10.2 Å². The summed E-state index contributed by atoms with van der Waals surface area (Å²) < 4.78 is 1.43. The minimum Gasteiger partial charge on any atom is -0.341 e. The Balaban J connectivity index is 1.62. The maximum Gasteiger partial charge on any atom is 0.318 e. The predicted octanol–water partition coefficient (Wildman–Crippen LogP) is 2.24. The molecule has 0 saturated carbocycles. The quantitative estimate of drug-likeness (QED) is 0.639. The summed E-state index contributed by atoms with van der Waals surface area (Å²) in [5.74, 6) is -0.237. The van der Waals surface area contributed by atoms with Gasteiger partial charge in [-0.2, -0.15) is 0 Å². The first-order valence-electron chi connectivity index (χ1n) is 7.88. The van der Waals surface area contributed by atoms with Crippen LogP contribution in [0.4, 0.5) is 16.2 Å². The molecule has 0 bridgehead atoms. The summed E-state index contributed by atoms with van der Waals surface area (Å²) in [5, 5.41) is 10.2. The number of anilines is 2. The molecular weight excluding hydrogens is 354 g/mol. The van der Waals surface area contributed by atoms with E-state index in [0.29, 0.717) is 21.6 Å². The Hall–Kier alpha value is -3.20. The fourth-order valence-electron chi connectivity index (χ4n) is 2.37. The second kappa shape index (κ2) is 7.79. The monoisotopic (exact) mass is 371 g/mol. The van der Waals surface area contributed by atoms with E-state index in [0.717, 1.165) is 0 Å². The van der Waals surface area contributed by atoms with Crippen molar-refractivity contribution in [1.29, 1.82) is 0 Å². The average molecular weight is 371 g/mol. The molecule has 0 aliphatic carbocycles. The number of thiophene rings is 1. The van der Waals surface area contributed by atoms with Crippen LogP contribution in [0, 0.1) is 0 Å². The number of benzene rings is 1. The highest BCUT2D eigenvalue weighted by Gasteiger charge is 2.08. The van der Waals surface area contributed by atoms with E-state index in [4.69, 9.17) is 0 Å². The van der Waals surface area contributed by atoms with E-state index in [1.165, 1.54) is 29.3 Å². The van der Waals surface area contributed by atoms with Crippen molar-refractivity contribution >= 4 is 44.9 Å². The normalized spacial score (nSPS) is 10.5. The first-order valence-corrected chi connectivity index (χ1v) is 8.76. The molecule has 0 saturated heterocycles. The summed E-state index contributed by atoms with van der Waals surface area (Å²) in [6, 6.07) is 8.20. The summed E-state index contributed by atoms with van der Waals surface area (Å²) in [6.45, 7) is 0.236. The molecule has 0 radical (unpaired) electrons. The molecule has 3 aromatic rings. The Labute approximate surface area is 152 Å². The van der Waals surface area contributed by atoms with Crippen molar-refractivity contribution in [2.45, 2.75) is 13.0 Å². The fourth-order valence-corrected chi connectivity index (χ4v) is 3.09. The molecule has 3 rings (SSSR count). The molecule has 0 atom stereocenters. The van der Waals surface area contributed by atoms with Crippen molar-refractivity contribution < 1.29 is 9.59 Å². The Kier molecular flexibility index (Phi) is 5.28. The number of nitrogens with zero attached hydrogens (tertiary/aromatic N) is 2. The number of carbonyl (C=O) groups is 2. The highest BCUT2D eigenvalue weighted by molar-refractivity contribution is 7.16. The van der Waals surface area contributed by atoms with E-state index in [1.54, 1.807) is 30.3 Å². The van der Waals surface area contributed by atoms with Crippen molar-refractivity contribution in [2.24, 2.45) is 0 Å². The minimum atomic E-state index is -0.343. The predicted molar refractivity (Wildman–Crippen MR) is 102 cm³/mol. The molecule has 9 heteroatoms. The van der Waals surface area contributed by atoms with Crippen LogP contribution in [-0.2, 0) is 11.3 Å². The van der Waals surface area contributed by atoms with E-state index in [-0.39, 0.29) is 30.5 Å². The van der Waals surface area contributed by atoms with Gasteiger partial charge in [0.05, 0.1) is 11.7 Å². The molecule has 3 amide bonds. The molecule has 0 unspecified atom stereocenters. The Morgan fingerprint density at radius 2 is 1.96 bits per heavy atom. The third-order valence-electron chi connectivity index (χ3n) is 3.66. The van der Waals surface area contributed by atoms with Crippen molar-refractivity contribution in [3.8, 4) is 0 Å². The van der Waals surface area contributed by atoms with E-state index in [9.17, 15) is 14.4 Å². The van der Waals surface area contributed by atoms with Crippen LogP contribution in [0.3, 0.4) is 0 Å². The van der Waals surface area contributed by atoms with Gasteiger partial charge in [0.2, 0.25) is 5.91 Å². The van der Waals surface area contributed by atoms with Gasteiger partial charge in [-0.05, 0) is 29.6 Å². The van der Waals surface area contributed by atoms with Gasteiger partial charge in [-0.15, -0.1) is 11.3 Å². The molecule has 0 spiro atoms. The highest BCUT2D eigenvalue weighted by atomic mass is 32.1. The van der Waals surface area contributed by atoms with Gasteiger partial charge in [0, 0.05) is 31.4 Å². The summed E-state index contributed by atoms with van der Waals surface area (Å²) in [4.78, 5) is 40.7. The molecule has 2 heterocycles. The van der Waals surface area contributed by atoms with E-state index < -0.39 is 0 Å². The zero-order valence-electron chi connectivity index (χ0n) is 14.0. The molecule has 3 N–H and O–H groups in total. The summed E-state index contributed by atoms with van der Waals surface area (Å²) in [5.41, 5.74) is 0.967. The zero-order chi connectivity index (χ0) is 18.5. The van der Waals surface area contributed by atoms with Gasteiger partial charge in [0.25, 0.3) is 5.56 Å². The van der Waals surface area contributed by atoms with Crippen LogP contribution in [0.1, 0.15) is 6.42 Å². The third-order valence-corrected chi connectivity index (χ3v) is 4.48. The first kappa shape index (κ1) is 17.6. The number of hydrogen-bond donors (Lipinski definition) is 3. The van der Waals surface area contributed by atoms with Crippen molar-refractivity contribution in [3.63, 3.8) is 0 Å². The molecule has 0 fully saturated rings. The van der Waals surface area contributed by atoms with Gasteiger partial charge in [0.15, 0.2) is 0 Å². The summed E-state index contributed by atoms with van der Waals surface area (Å²) in [7, 11) is 1.52. The summed E-state index contributed by atoms with van der Waals surface area (Å²) in [6.07, 6.45) is 1.59. The number of nitrogens with one attached hydrogen (secondary N) is 3. The lowest BCUT2D eigenvalue weighted by atomic mass is 10.2. The lowest BCUT2D eigenvalue weighted by molar-refractivity contribution is -0.116. The highest BCUT2D eigenvalue weighted by Crippen LogP contribution is 2.16. The minimum absolute atomic E-state index is 0.129. The molecule has 0 aliphatic heterocycles. The van der Waals surface area contributed by atoms with Gasteiger partial charge >= 0.3 is 6.03 Å². The molecule has 26 heavy (non-hydrogen) atoms. The van der Waals surface area contributed by atoms with E-state index in [1.807, 2.05) is 5.38 Å². The number of aryl methyl sites for hydroxylation is 1. The summed E-state index contributed by atoms with van der Waals surface area (Å²) >= 11 is 1.41. The van der Waals surface area contributed by atoms with E-state index >= 15 is 0 Å². The topological polar surface area (TPSA) is 105 Å². The van der Waals surface area contributed by atoms with Crippen LogP contribution in [-0.4, -0.2) is 28.5 Å². The van der Waals surface area contributed by atoms with Crippen LogP contribution >= 0.6 is 11.3 Å². The van der Waals surface area contributed by atoms with Crippen molar-refractivity contribution in [1.82, 2.24) is 14.9 Å². The SMILES string of the molecule is CNC(=O)Nc1cccc(NC(=O)CCn2cnc3sccc3c2=O)c1. The first-order chi connectivity index (χ1) is 12.6. The number of rotatable bonds is 5. The lowest BCUT2D eigenvalue weighted by Crippen LogP contribution is -2.24. The van der Waals surface area contributed by atoms with Gasteiger partial charge < -0.3 is 16.0 Å². The average Bonchev–Trinajstić information content (AvgIpc) is 3.11. The smallest absolute Gasteiger partial charge is 0.318 e. The number of aromatic nitrogens is 2. The molecule has 2 aromatic heterocycles. The van der Waals surface area contributed by atoms with Crippen molar-refractivity contribution in [3.05, 3.63) is 52.4 Å². The standard InChI is InChI=1S/C17H17N5O3S/c1-18-17(25)21-12-4-2-3-11(9-12)20-14(23)5-7-22-10-19-15-13(16(22)24)6-8-26-15/h2-4,6,8-10H,5,7H2,1H3,(H,20,23)(H2,18,21,25). The molecule has 134 valence electrons. The maximum absolute atomic E-state index is 12.3. The van der Waals surface area contributed by atoms with Crippen LogP contribution in [0.2, 0.25) is 0 Å². The van der Waals surface area contributed by atoms with Gasteiger partial charge in [-0.3, -0.25) is 14.2 Å². The third kappa shape index (κ3) is 4.06. The van der Waals surface area contributed by atoms with Crippen LogP contribution in [0.15, 0.2) is 46.8 Å². The van der Waals surface area contributed by atoms with Gasteiger partial charge in [-0.1, -0.05) is 6.07 Å². The van der Waals surface area contributed by atoms with Crippen LogP contribution < -0.4 is 21.5 Å². The fraction of sp³-hybridized carbons (Fsp3) is 0.176. The molecular formula is C17H17N5O3S. The number of urea groups is 1. The largest absolute Gasteiger partial charge is 0.341 e. The zero-order valence-corrected chi connectivity index (χ0v) is 14.8. The Morgan fingerprint density at radius 3 is 2.73 bits per heavy atom. The Bertz CT molecular complexity index is 1010. The number of fused-ring (bicyclic) bond motifs is 1. The van der Waals surface area contributed by atoms with Crippen LogP contribution in [0.5, 0.6) is 0 Å². The number of hydrogen-bond acceptors (Lipinski definition) is 5. The maximum atomic E-state index is 12.3. The second-order valence-corrected chi connectivity index (χ2v) is 6.36. The van der Waals surface area contributed by atoms with Crippen molar-refractivity contribution in [2.75, 3.05) is 17.7 Å². The molecule has 0 aliphatic rings. The van der Waals surface area contributed by atoms with Gasteiger partial charge in [0.1, 0.15) is 4.83 Å². The number of carbonyl (C=O) groups excluding carboxylic acids is 2. The lowest BCUT2D eigenvalue weighted by Gasteiger charge is -2.09. The van der Waals surface area contributed by atoms with E-state index in [2.05, 4.69) is 20.9 Å². The van der Waals surface area contributed by atoms with Gasteiger partial charge in [-0.25, -0.2) is 9.78 Å². The number of amides is 3. The Morgan fingerprint density at radius 1 is 1.19 bits per heavy atom.